The fourth-order valence-corrected chi connectivity index (χ4v) is 2.79. The van der Waals surface area contributed by atoms with Crippen molar-refractivity contribution in [2.75, 3.05) is 19.8 Å². The van der Waals surface area contributed by atoms with Gasteiger partial charge in [0.25, 0.3) is 5.91 Å². The van der Waals surface area contributed by atoms with Crippen molar-refractivity contribution < 1.29 is 9.53 Å². The lowest BCUT2D eigenvalue weighted by Crippen LogP contribution is -2.42. The maximum Gasteiger partial charge on any atom is 0.275 e. The van der Waals surface area contributed by atoms with E-state index in [1.54, 1.807) is 0 Å². The third-order valence-corrected chi connectivity index (χ3v) is 3.95. The molecule has 1 amide bonds. The Morgan fingerprint density at radius 1 is 1.71 bits per heavy atom. The SMILES string of the molecule is CC1COCCN1Cc1ccc(C(=O)NN)s1. The van der Waals surface area contributed by atoms with Crippen molar-refractivity contribution in [3.05, 3.63) is 21.9 Å². The zero-order valence-electron chi connectivity index (χ0n) is 9.81. The smallest absolute Gasteiger partial charge is 0.275 e. The van der Waals surface area contributed by atoms with Crippen molar-refractivity contribution in [1.29, 1.82) is 0 Å². The summed E-state index contributed by atoms with van der Waals surface area (Å²) in [7, 11) is 0. The normalized spacial score (nSPS) is 21.4. The third kappa shape index (κ3) is 3.04. The van der Waals surface area contributed by atoms with E-state index in [1.165, 1.54) is 16.2 Å². The van der Waals surface area contributed by atoms with Crippen LogP contribution < -0.4 is 11.3 Å². The van der Waals surface area contributed by atoms with Crippen molar-refractivity contribution >= 4 is 17.2 Å². The predicted molar refractivity (Wildman–Crippen MR) is 66.7 cm³/mol. The van der Waals surface area contributed by atoms with Crippen LogP contribution in [0.5, 0.6) is 0 Å². The number of carbonyl (C=O) groups excluding carboxylic acids is 1. The number of carbonyl (C=O) groups is 1. The molecule has 1 unspecified atom stereocenters. The minimum atomic E-state index is -0.226. The van der Waals surface area contributed by atoms with Gasteiger partial charge in [-0.15, -0.1) is 11.3 Å². The molecule has 1 saturated heterocycles. The van der Waals surface area contributed by atoms with E-state index in [2.05, 4.69) is 17.2 Å². The fourth-order valence-electron chi connectivity index (χ4n) is 1.85. The highest BCUT2D eigenvalue weighted by Gasteiger charge is 2.19. The minimum absolute atomic E-state index is 0.226. The Hall–Kier alpha value is -0.950. The van der Waals surface area contributed by atoms with E-state index in [1.807, 2.05) is 12.1 Å². The maximum absolute atomic E-state index is 11.3. The quantitative estimate of drug-likeness (QED) is 0.471. The van der Waals surface area contributed by atoms with E-state index in [4.69, 9.17) is 10.6 Å². The topological polar surface area (TPSA) is 67.6 Å². The Morgan fingerprint density at radius 3 is 3.24 bits per heavy atom. The van der Waals surface area contributed by atoms with Crippen LogP contribution >= 0.6 is 11.3 Å². The number of nitrogens with zero attached hydrogens (tertiary/aromatic N) is 1. The first kappa shape index (κ1) is 12.5. The van der Waals surface area contributed by atoms with Crippen LogP contribution in [0.1, 0.15) is 21.5 Å². The highest BCUT2D eigenvalue weighted by molar-refractivity contribution is 7.14. The Bertz CT molecular complexity index is 394. The zero-order valence-corrected chi connectivity index (χ0v) is 10.6. The van der Waals surface area contributed by atoms with E-state index in [-0.39, 0.29) is 5.91 Å². The number of hydrogen-bond donors (Lipinski definition) is 2. The van der Waals surface area contributed by atoms with E-state index in [0.29, 0.717) is 10.9 Å². The molecule has 0 bridgehead atoms. The summed E-state index contributed by atoms with van der Waals surface area (Å²) in [5.74, 6) is 4.87. The van der Waals surface area contributed by atoms with Gasteiger partial charge in [0.05, 0.1) is 18.1 Å². The van der Waals surface area contributed by atoms with E-state index >= 15 is 0 Å². The molecule has 17 heavy (non-hydrogen) atoms. The second kappa shape index (κ2) is 5.59. The van der Waals surface area contributed by atoms with Gasteiger partial charge in [0.2, 0.25) is 0 Å². The number of ether oxygens (including phenoxy) is 1. The molecule has 1 atom stereocenters. The van der Waals surface area contributed by atoms with Gasteiger partial charge in [-0.2, -0.15) is 0 Å². The molecule has 3 N–H and O–H groups in total. The number of nitrogen functional groups attached to an aromatic ring is 1. The fraction of sp³-hybridized carbons (Fsp3) is 0.545. The number of amides is 1. The van der Waals surface area contributed by atoms with Crippen molar-refractivity contribution in [3.63, 3.8) is 0 Å². The molecule has 2 rings (SSSR count). The number of morpholine rings is 1. The van der Waals surface area contributed by atoms with Crippen molar-refractivity contribution in [2.45, 2.75) is 19.5 Å². The minimum Gasteiger partial charge on any atom is -0.379 e. The highest BCUT2D eigenvalue weighted by atomic mass is 32.1. The Morgan fingerprint density at radius 2 is 2.53 bits per heavy atom. The summed E-state index contributed by atoms with van der Waals surface area (Å²) in [6.07, 6.45) is 0. The van der Waals surface area contributed by atoms with Crippen LogP contribution in [-0.4, -0.2) is 36.6 Å². The molecule has 1 fully saturated rings. The molecule has 0 radical (unpaired) electrons. The van der Waals surface area contributed by atoms with Crippen molar-refractivity contribution in [3.8, 4) is 0 Å². The van der Waals surface area contributed by atoms with E-state index in [0.717, 1.165) is 26.3 Å². The molecule has 0 aliphatic carbocycles. The highest BCUT2D eigenvalue weighted by Crippen LogP contribution is 2.20. The monoisotopic (exact) mass is 255 g/mol. The van der Waals surface area contributed by atoms with Gasteiger partial charge in [-0.3, -0.25) is 15.1 Å². The number of nitrogens with two attached hydrogens (primary N) is 1. The molecule has 0 spiro atoms. The number of hydrazine groups is 1. The summed E-state index contributed by atoms with van der Waals surface area (Å²) in [5.41, 5.74) is 2.14. The van der Waals surface area contributed by atoms with Crippen LogP contribution in [0, 0.1) is 0 Å². The largest absolute Gasteiger partial charge is 0.379 e. The van der Waals surface area contributed by atoms with Gasteiger partial charge in [-0.05, 0) is 19.1 Å². The van der Waals surface area contributed by atoms with Gasteiger partial charge in [0.1, 0.15) is 0 Å². The van der Waals surface area contributed by atoms with Crippen LogP contribution in [0.2, 0.25) is 0 Å². The molecule has 94 valence electrons. The Balaban J connectivity index is 1.98. The number of rotatable bonds is 3. The average Bonchev–Trinajstić information content (AvgIpc) is 2.80. The zero-order chi connectivity index (χ0) is 12.3. The van der Waals surface area contributed by atoms with Gasteiger partial charge in [0, 0.05) is 24.0 Å². The maximum atomic E-state index is 11.3. The van der Waals surface area contributed by atoms with Crippen LogP contribution in [0.4, 0.5) is 0 Å². The van der Waals surface area contributed by atoms with Crippen LogP contribution in [-0.2, 0) is 11.3 Å². The summed E-state index contributed by atoms with van der Waals surface area (Å²) >= 11 is 1.49. The molecule has 6 heteroatoms. The summed E-state index contributed by atoms with van der Waals surface area (Å²) in [6, 6.07) is 4.22. The molecule has 2 heterocycles. The lowest BCUT2D eigenvalue weighted by molar-refractivity contribution is -0.00391. The van der Waals surface area contributed by atoms with Crippen LogP contribution in [0.25, 0.3) is 0 Å². The van der Waals surface area contributed by atoms with Gasteiger partial charge in [-0.25, -0.2) is 5.84 Å². The van der Waals surface area contributed by atoms with E-state index < -0.39 is 0 Å². The van der Waals surface area contributed by atoms with Crippen LogP contribution in [0.15, 0.2) is 12.1 Å². The number of hydrogen-bond acceptors (Lipinski definition) is 5. The molecule has 0 aromatic carbocycles. The molecule has 1 aromatic heterocycles. The number of nitrogens with one attached hydrogen (secondary N) is 1. The predicted octanol–water partition coefficient (Wildman–Crippen LogP) is 0.572. The number of thiophene rings is 1. The Kier molecular flexibility index (Phi) is 4.11. The Labute approximate surface area is 105 Å². The van der Waals surface area contributed by atoms with Gasteiger partial charge < -0.3 is 4.74 Å². The second-order valence-electron chi connectivity index (χ2n) is 4.13. The molecule has 1 aliphatic rings. The van der Waals surface area contributed by atoms with Crippen molar-refractivity contribution in [2.24, 2.45) is 5.84 Å². The first-order valence-electron chi connectivity index (χ1n) is 5.62. The molecule has 5 nitrogen and oxygen atoms in total. The van der Waals surface area contributed by atoms with Gasteiger partial charge in [0.15, 0.2) is 0 Å². The van der Waals surface area contributed by atoms with Gasteiger partial charge >= 0.3 is 0 Å². The van der Waals surface area contributed by atoms with E-state index in [9.17, 15) is 4.79 Å². The summed E-state index contributed by atoms with van der Waals surface area (Å²) in [4.78, 5) is 15.5. The lowest BCUT2D eigenvalue weighted by Gasteiger charge is -2.32. The standard InChI is InChI=1S/C11H17N3O2S/c1-8-7-16-5-4-14(8)6-9-2-3-10(17-9)11(15)13-12/h2-3,8H,4-7,12H2,1H3,(H,13,15). The van der Waals surface area contributed by atoms with Crippen LogP contribution in [0.3, 0.4) is 0 Å². The molecule has 1 aromatic rings. The summed E-state index contributed by atoms with van der Waals surface area (Å²) < 4.78 is 5.39. The van der Waals surface area contributed by atoms with Gasteiger partial charge in [-0.1, -0.05) is 0 Å². The molecule has 1 aliphatic heterocycles. The molecular weight excluding hydrogens is 238 g/mol. The third-order valence-electron chi connectivity index (χ3n) is 2.88. The molecular formula is C11H17N3O2S. The second-order valence-corrected chi connectivity index (χ2v) is 5.30. The first-order valence-corrected chi connectivity index (χ1v) is 6.44. The lowest BCUT2D eigenvalue weighted by atomic mass is 10.2. The summed E-state index contributed by atoms with van der Waals surface area (Å²) in [5, 5.41) is 0. The molecule has 0 saturated carbocycles. The van der Waals surface area contributed by atoms with Crippen molar-refractivity contribution in [1.82, 2.24) is 10.3 Å². The first-order chi connectivity index (χ1) is 8.20. The summed E-state index contributed by atoms with van der Waals surface area (Å²) in [6.45, 7) is 5.53. The average molecular weight is 255 g/mol.